The predicted molar refractivity (Wildman–Crippen MR) is 139 cm³/mol. The van der Waals surface area contributed by atoms with E-state index < -0.39 is 0 Å². The molecule has 5 heteroatoms. The molecule has 1 aliphatic rings. The molecule has 0 N–H and O–H groups in total. The van der Waals surface area contributed by atoms with Crippen LogP contribution in [0.1, 0.15) is 55.4 Å². The second kappa shape index (κ2) is 15.6. The van der Waals surface area contributed by atoms with Gasteiger partial charge in [0.25, 0.3) is 0 Å². The summed E-state index contributed by atoms with van der Waals surface area (Å²) in [7, 11) is 0. The van der Waals surface area contributed by atoms with E-state index in [9.17, 15) is 0 Å². The number of allylic oxidation sites excluding steroid dienone is 4. The molecule has 0 amide bonds. The lowest BCUT2D eigenvalue weighted by atomic mass is 9.88. The summed E-state index contributed by atoms with van der Waals surface area (Å²) in [5.41, 5.74) is 3.30. The van der Waals surface area contributed by atoms with E-state index in [1.165, 1.54) is 5.57 Å². The molecule has 0 aromatic carbocycles. The molecule has 0 saturated heterocycles. The van der Waals surface area contributed by atoms with Gasteiger partial charge >= 0.3 is 0 Å². The molecule has 2 atom stereocenters. The van der Waals surface area contributed by atoms with Gasteiger partial charge in [-0.2, -0.15) is 0 Å². The second-order valence-electron chi connectivity index (χ2n) is 6.91. The van der Waals surface area contributed by atoms with Crippen LogP contribution >= 0.6 is 0 Å². The smallest absolute Gasteiger partial charge is 0.222 e. The topological polar surface area (TPSA) is 52.8 Å². The first-order valence-corrected chi connectivity index (χ1v) is 12.1. The van der Waals surface area contributed by atoms with Crippen molar-refractivity contribution in [1.29, 1.82) is 0 Å². The van der Waals surface area contributed by atoms with Gasteiger partial charge in [-0.3, -0.25) is 9.55 Å². The minimum atomic E-state index is 0.541. The number of hydrogen-bond acceptors (Lipinski definition) is 4. The highest BCUT2D eigenvalue weighted by Crippen LogP contribution is 2.26. The summed E-state index contributed by atoms with van der Waals surface area (Å²) < 4.78 is 7.95. The summed E-state index contributed by atoms with van der Waals surface area (Å²) in [6, 6.07) is 7.76. The van der Waals surface area contributed by atoms with Crippen molar-refractivity contribution in [2.45, 2.75) is 61.9 Å². The Morgan fingerprint density at radius 3 is 2.18 bits per heavy atom. The average molecular weight is 449 g/mol. The largest absolute Gasteiger partial charge is 0.421 e. The van der Waals surface area contributed by atoms with Gasteiger partial charge in [0.2, 0.25) is 11.8 Å². The van der Waals surface area contributed by atoms with Crippen LogP contribution in [0.15, 0.2) is 79.2 Å². The monoisotopic (exact) mass is 448 g/mol. The summed E-state index contributed by atoms with van der Waals surface area (Å²) >= 11 is 0. The highest BCUT2D eigenvalue weighted by molar-refractivity contribution is 5.61. The molecule has 2 unspecified atom stereocenters. The quantitative estimate of drug-likeness (QED) is 0.397. The minimum absolute atomic E-state index is 0.541. The second-order valence-corrected chi connectivity index (χ2v) is 6.91. The Morgan fingerprint density at radius 2 is 1.58 bits per heavy atom. The van der Waals surface area contributed by atoms with Crippen molar-refractivity contribution in [3.05, 3.63) is 79.2 Å². The molecule has 33 heavy (non-hydrogen) atoms. The fraction of sp³-hybridized carbons (Fsp3) is 0.393. The molecule has 5 nitrogen and oxygen atoms in total. The van der Waals surface area contributed by atoms with E-state index in [2.05, 4.69) is 47.0 Å². The van der Waals surface area contributed by atoms with Crippen LogP contribution in [0, 0.1) is 11.8 Å². The zero-order valence-electron chi connectivity index (χ0n) is 21.5. The molecule has 0 radical (unpaired) electrons. The minimum Gasteiger partial charge on any atom is -0.421 e. The van der Waals surface area contributed by atoms with Crippen molar-refractivity contribution in [3.8, 4) is 22.9 Å². The molecule has 0 fully saturated rings. The lowest BCUT2D eigenvalue weighted by molar-refractivity contribution is 0.419. The molecule has 0 aliphatic heterocycles. The van der Waals surface area contributed by atoms with Crippen molar-refractivity contribution < 1.29 is 4.74 Å². The highest BCUT2D eigenvalue weighted by atomic mass is 16.5. The number of pyridine rings is 2. The fourth-order valence-electron chi connectivity index (χ4n) is 3.06. The van der Waals surface area contributed by atoms with Crippen LogP contribution in [-0.4, -0.2) is 19.5 Å². The number of imidazole rings is 1. The van der Waals surface area contributed by atoms with Crippen LogP contribution in [0.5, 0.6) is 11.8 Å². The van der Waals surface area contributed by atoms with Gasteiger partial charge in [0.15, 0.2) is 0 Å². The van der Waals surface area contributed by atoms with Crippen LogP contribution in [-0.2, 0) is 6.54 Å². The first-order valence-electron chi connectivity index (χ1n) is 12.1. The number of aromatic nitrogens is 4. The van der Waals surface area contributed by atoms with Crippen molar-refractivity contribution in [2.24, 2.45) is 11.8 Å². The maximum Gasteiger partial charge on any atom is 0.222 e. The number of nitrogens with zero attached hydrogens (tertiary/aromatic N) is 4. The normalized spacial score (nSPS) is 16.1. The third-order valence-electron chi connectivity index (χ3n) is 4.89. The van der Waals surface area contributed by atoms with Gasteiger partial charge in [-0.25, -0.2) is 9.97 Å². The Balaban J connectivity index is 0.000000841. The van der Waals surface area contributed by atoms with E-state index in [1.807, 2.05) is 76.6 Å². The Kier molecular flexibility index (Phi) is 13.1. The van der Waals surface area contributed by atoms with Crippen molar-refractivity contribution >= 4 is 0 Å². The summed E-state index contributed by atoms with van der Waals surface area (Å²) in [4.78, 5) is 12.8. The molecule has 4 rings (SSSR count). The fourth-order valence-corrected chi connectivity index (χ4v) is 3.06. The Morgan fingerprint density at radius 1 is 0.848 bits per heavy atom. The number of rotatable bonds is 5. The van der Waals surface area contributed by atoms with Gasteiger partial charge in [0.1, 0.15) is 0 Å². The maximum atomic E-state index is 5.95. The molecule has 3 aromatic rings. The standard InChI is InChI=1S/C22H22N4O.3C2H6/c1-16-5-6-18(10-17(16)2)14-26-15-24-13-22(26)27-21-8-7-20(12-25-21)19-4-3-9-23-11-19;3*1-2/h3-13,15-17H,14H2,1-2H3;3*1-2H3. The summed E-state index contributed by atoms with van der Waals surface area (Å²) in [6.07, 6.45) is 15.6. The van der Waals surface area contributed by atoms with Crippen LogP contribution in [0.2, 0.25) is 0 Å². The van der Waals surface area contributed by atoms with Crippen molar-refractivity contribution in [3.63, 3.8) is 0 Å². The van der Waals surface area contributed by atoms with Gasteiger partial charge in [-0.05, 0) is 29.5 Å². The lowest BCUT2D eigenvalue weighted by Gasteiger charge is -2.19. The molecule has 0 spiro atoms. The van der Waals surface area contributed by atoms with Gasteiger partial charge < -0.3 is 4.74 Å². The van der Waals surface area contributed by atoms with Gasteiger partial charge in [-0.1, -0.05) is 79.7 Å². The van der Waals surface area contributed by atoms with Crippen molar-refractivity contribution in [2.75, 3.05) is 0 Å². The maximum absolute atomic E-state index is 5.95. The summed E-state index contributed by atoms with van der Waals surface area (Å²) in [6.45, 7) is 17.2. The van der Waals surface area contributed by atoms with E-state index in [0.717, 1.165) is 17.7 Å². The summed E-state index contributed by atoms with van der Waals surface area (Å²) in [5, 5.41) is 0. The third-order valence-corrected chi connectivity index (χ3v) is 4.89. The van der Waals surface area contributed by atoms with Crippen molar-refractivity contribution in [1.82, 2.24) is 19.5 Å². The van der Waals surface area contributed by atoms with Crippen LogP contribution in [0.25, 0.3) is 11.1 Å². The molecule has 1 aliphatic carbocycles. The van der Waals surface area contributed by atoms with Gasteiger partial charge in [0.05, 0.1) is 19.1 Å². The van der Waals surface area contributed by atoms with E-state index in [0.29, 0.717) is 23.6 Å². The first kappa shape index (κ1) is 27.8. The SMILES string of the molecule is CC.CC.CC.CC1C=CC(Cn2cncc2Oc2ccc(-c3cccnc3)cn2)=CC1C. The third kappa shape index (κ3) is 8.33. The first-order chi connectivity index (χ1) is 16.2. The molecule has 3 aromatic heterocycles. The molecular formula is C28H40N4O. The predicted octanol–water partition coefficient (Wildman–Crippen LogP) is 7.98. The van der Waals surface area contributed by atoms with Gasteiger partial charge in [0, 0.05) is 35.8 Å². The van der Waals surface area contributed by atoms with Crippen LogP contribution in [0.3, 0.4) is 0 Å². The van der Waals surface area contributed by atoms with Crippen LogP contribution in [0.4, 0.5) is 0 Å². The average Bonchev–Trinajstić information content (AvgIpc) is 3.32. The zero-order valence-corrected chi connectivity index (χ0v) is 21.5. The molecule has 0 saturated carbocycles. The van der Waals surface area contributed by atoms with Gasteiger partial charge in [-0.15, -0.1) is 0 Å². The Bertz CT molecular complexity index is 959. The van der Waals surface area contributed by atoms with E-state index in [1.54, 1.807) is 24.9 Å². The zero-order chi connectivity index (χ0) is 24.6. The van der Waals surface area contributed by atoms with Crippen LogP contribution < -0.4 is 4.74 Å². The Labute approximate surface area is 200 Å². The molecule has 3 heterocycles. The lowest BCUT2D eigenvalue weighted by Crippen LogP contribution is -2.10. The van der Waals surface area contributed by atoms with E-state index >= 15 is 0 Å². The summed E-state index contributed by atoms with van der Waals surface area (Å²) in [5.74, 6) is 2.34. The van der Waals surface area contributed by atoms with E-state index in [-0.39, 0.29) is 0 Å². The molecular weight excluding hydrogens is 408 g/mol. The number of ether oxygens (including phenoxy) is 1. The molecule has 178 valence electrons. The highest BCUT2D eigenvalue weighted by Gasteiger charge is 2.14. The number of hydrogen-bond donors (Lipinski definition) is 0. The Hall–Kier alpha value is -3.21. The van der Waals surface area contributed by atoms with E-state index in [4.69, 9.17) is 4.74 Å². The molecule has 0 bridgehead atoms.